The van der Waals surface area contributed by atoms with Gasteiger partial charge in [0.25, 0.3) is 0 Å². The van der Waals surface area contributed by atoms with Crippen molar-refractivity contribution in [3.8, 4) is 17.6 Å². The molecule has 0 aromatic heterocycles. The van der Waals surface area contributed by atoms with Crippen LogP contribution in [0.25, 0.3) is 0 Å². The van der Waals surface area contributed by atoms with Crippen molar-refractivity contribution in [1.29, 1.82) is 5.26 Å². The normalized spacial score (nSPS) is 11.6. The largest absolute Gasteiger partial charge is 0.496 e. The van der Waals surface area contributed by atoms with Crippen LogP contribution in [0.3, 0.4) is 0 Å². The van der Waals surface area contributed by atoms with Crippen molar-refractivity contribution in [3.63, 3.8) is 0 Å². The number of ether oxygens (including phenoxy) is 2. The first-order chi connectivity index (χ1) is 11.2. The van der Waals surface area contributed by atoms with E-state index in [2.05, 4.69) is 6.07 Å². The zero-order chi connectivity index (χ0) is 16.7. The lowest BCUT2D eigenvalue weighted by atomic mass is 9.95. The molecule has 1 unspecified atom stereocenters. The summed E-state index contributed by atoms with van der Waals surface area (Å²) in [6.07, 6.45) is 1.19. The first kappa shape index (κ1) is 16.8. The number of halogens is 2. The maximum absolute atomic E-state index is 13.1. The van der Waals surface area contributed by atoms with Gasteiger partial charge in [0.1, 0.15) is 11.5 Å². The molecule has 5 heteroatoms. The van der Waals surface area contributed by atoms with Gasteiger partial charge in [-0.15, -0.1) is 0 Å². The lowest BCUT2D eigenvalue weighted by Gasteiger charge is -2.13. The molecule has 0 aliphatic heterocycles. The summed E-state index contributed by atoms with van der Waals surface area (Å²) in [7, 11) is 1.57. The molecule has 0 bridgehead atoms. The van der Waals surface area contributed by atoms with Gasteiger partial charge in [-0.05, 0) is 31.0 Å². The number of nitriles is 1. The van der Waals surface area contributed by atoms with Crippen molar-refractivity contribution in [2.45, 2.75) is 18.8 Å². The molecule has 2 aromatic rings. The monoisotopic (exact) mass is 317 g/mol. The van der Waals surface area contributed by atoms with E-state index < -0.39 is 11.6 Å². The van der Waals surface area contributed by atoms with E-state index in [1.54, 1.807) is 7.11 Å². The van der Waals surface area contributed by atoms with Crippen LogP contribution in [-0.4, -0.2) is 13.7 Å². The van der Waals surface area contributed by atoms with Crippen molar-refractivity contribution in [3.05, 3.63) is 59.7 Å². The molecule has 0 N–H and O–H groups in total. The molecule has 23 heavy (non-hydrogen) atoms. The third kappa shape index (κ3) is 4.43. The Balaban J connectivity index is 1.89. The molecule has 0 aliphatic carbocycles. The van der Waals surface area contributed by atoms with Gasteiger partial charge in [0, 0.05) is 11.6 Å². The summed E-state index contributed by atoms with van der Waals surface area (Å²) in [6, 6.07) is 13.1. The first-order valence-electron chi connectivity index (χ1n) is 7.26. The van der Waals surface area contributed by atoms with Crippen molar-refractivity contribution >= 4 is 0 Å². The van der Waals surface area contributed by atoms with Gasteiger partial charge in [0.15, 0.2) is 11.6 Å². The fourth-order valence-electron chi connectivity index (χ4n) is 2.29. The molecule has 0 radical (unpaired) electrons. The fraction of sp³-hybridized carbons (Fsp3) is 0.278. The second kappa shape index (κ2) is 8.14. The highest BCUT2D eigenvalue weighted by Crippen LogP contribution is 2.29. The van der Waals surface area contributed by atoms with Gasteiger partial charge in [-0.25, -0.2) is 8.78 Å². The van der Waals surface area contributed by atoms with Gasteiger partial charge < -0.3 is 9.47 Å². The van der Waals surface area contributed by atoms with Crippen molar-refractivity contribution in [2.75, 3.05) is 13.7 Å². The van der Waals surface area contributed by atoms with Crippen LogP contribution in [0.4, 0.5) is 8.78 Å². The summed E-state index contributed by atoms with van der Waals surface area (Å²) in [5, 5.41) is 9.35. The molecule has 0 fully saturated rings. The maximum Gasteiger partial charge on any atom is 0.162 e. The van der Waals surface area contributed by atoms with Crippen LogP contribution < -0.4 is 9.47 Å². The number of rotatable bonds is 7. The Morgan fingerprint density at radius 3 is 2.61 bits per heavy atom. The molecule has 2 rings (SSSR count). The predicted octanol–water partition coefficient (Wildman–Crippen LogP) is 4.44. The molecular weight excluding hydrogens is 300 g/mol. The number of benzene rings is 2. The fourth-order valence-corrected chi connectivity index (χ4v) is 2.29. The zero-order valence-electron chi connectivity index (χ0n) is 12.8. The second-order valence-corrected chi connectivity index (χ2v) is 4.99. The van der Waals surface area contributed by atoms with Gasteiger partial charge in [-0.1, -0.05) is 18.2 Å². The van der Waals surface area contributed by atoms with Crippen molar-refractivity contribution < 1.29 is 18.3 Å². The van der Waals surface area contributed by atoms with E-state index in [4.69, 9.17) is 9.47 Å². The SMILES string of the molecule is COc1ccccc1C(C#N)CCCOc1ccc(F)c(F)c1. The maximum atomic E-state index is 13.1. The van der Waals surface area contributed by atoms with E-state index in [1.165, 1.54) is 6.07 Å². The number of methoxy groups -OCH3 is 1. The molecule has 0 saturated carbocycles. The van der Waals surface area contributed by atoms with Crippen LogP contribution >= 0.6 is 0 Å². The van der Waals surface area contributed by atoms with Gasteiger partial charge in [0.2, 0.25) is 0 Å². The van der Waals surface area contributed by atoms with E-state index in [-0.39, 0.29) is 11.7 Å². The lowest BCUT2D eigenvalue weighted by Crippen LogP contribution is -2.04. The third-order valence-corrected chi connectivity index (χ3v) is 3.47. The highest BCUT2D eigenvalue weighted by Gasteiger charge is 2.15. The molecule has 0 amide bonds. The van der Waals surface area contributed by atoms with Crippen LogP contribution in [0.1, 0.15) is 24.3 Å². The van der Waals surface area contributed by atoms with E-state index >= 15 is 0 Å². The third-order valence-electron chi connectivity index (χ3n) is 3.47. The van der Waals surface area contributed by atoms with E-state index in [0.717, 1.165) is 17.7 Å². The van der Waals surface area contributed by atoms with Crippen LogP contribution in [0.2, 0.25) is 0 Å². The Morgan fingerprint density at radius 1 is 1.13 bits per heavy atom. The lowest BCUT2D eigenvalue weighted by molar-refractivity contribution is 0.301. The predicted molar refractivity (Wildman–Crippen MR) is 82.4 cm³/mol. The van der Waals surface area contributed by atoms with Crippen molar-refractivity contribution in [1.82, 2.24) is 0 Å². The van der Waals surface area contributed by atoms with Gasteiger partial charge in [-0.3, -0.25) is 0 Å². The molecule has 0 spiro atoms. The van der Waals surface area contributed by atoms with Crippen LogP contribution in [0, 0.1) is 23.0 Å². The molecule has 2 aromatic carbocycles. The minimum atomic E-state index is -0.938. The van der Waals surface area contributed by atoms with E-state index in [1.807, 2.05) is 24.3 Å². The quantitative estimate of drug-likeness (QED) is 0.709. The summed E-state index contributed by atoms with van der Waals surface area (Å²) < 4.78 is 36.5. The Kier molecular flexibility index (Phi) is 5.93. The topological polar surface area (TPSA) is 42.2 Å². The smallest absolute Gasteiger partial charge is 0.162 e. The summed E-state index contributed by atoms with van der Waals surface area (Å²) >= 11 is 0. The van der Waals surface area contributed by atoms with Crippen molar-refractivity contribution in [2.24, 2.45) is 0 Å². The number of para-hydroxylation sites is 1. The van der Waals surface area contributed by atoms with Crippen LogP contribution in [0.5, 0.6) is 11.5 Å². The molecule has 0 aliphatic rings. The molecular formula is C18H17F2NO2. The van der Waals surface area contributed by atoms with E-state index in [0.29, 0.717) is 25.2 Å². The second-order valence-electron chi connectivity index (χ2n) is 4.99. The Morgan fingerprint density at radius 2 is 1.91 bits per heavy atom. The standard InChI is InChI=1S/C18H17F2NO2/c1-22-18-7-3-2-6-15(18)13(12-21)5-4-10-23-14-8-9-16(19)17(20)11-14/h2-3,6-9,11,13H,4-5,10H2,1H3. The van der Waals surface area contributed by atoms with Crippen LogP contribution in [-0.2, 0) is 0 Å². The highest BCUT2D eigenvalue weighted by atomic mass is 19.2. The summed E-state index contributed by atoms with van der Waals surface area (Å²) in [5.41, 5.74) is 0.838. The number of hydrogen-bond donors (Lipinski definition) is 0. The minimum absolute atomic E-state index is 0.273. The minimum Gasteiger partial charge on any atom is -0.496 e. The Labute approximate surface area is 134 Å². The molecule has 120 valence electrons. The van der Waals surface area contributed by atoms with E-state index in [9.17, 15) is 14.0 Å². The average Bonchev–Trinajstić information content (AvgIpc) is 2.58. The van der Waals surface area contributed by atoms with Gasteiger partial charge in [-0.2, -0.15) is 5.26 Å². The summed E-state index contributed by atoms with van der Waals surface area (Å²) in [5.74, 6) is -1.19. The number of hydrogen-bond acceptors (Lipinski definition) is 3. The molecule has 3 nitrogen and oxygen atoms in total. The summed E-state index contributed by atoms with van der Waals surface area (Å²) in [4.78, 5) is 0. The van der Waals surface area contributed by atoms with Gasteiger partial charge >= 0.3 is 0 Å². The highest BCUT2D eigenvalue weighted by molar-refractivity contribution is 5.38. The molecule has 0 heterocycles. The zero-order valence-corrected chi connectivity index (χ0v) is 12.8. The molecule has 1 atom stereocenters. The van der Waals surface area contributed by atoms with Crippen LogP contribution in [0.15, 0.2) is 42.5 Å². The Bertz CT molecular complexity index is 698. The first-order valence-corrected chi connectivity index (χ1v) is 7.26. The average molecular weight is 317 g/mol. The number of nitrogens with zero attached hydrogens (tertiary/aromatic N) is 1. The molecule has 0 saturated heterocycles. The Hall–Kier alpha value is -2.61. The summed E-state index contributed by atoms with van der Waals surface area (Å²) in [6.45, 7) is 0.318. The van der Waals surface area contributed by atoms with Gasteiger partial charge in [0.05, 0.1) is 25.7 Å².